The summed E-state index contributed by atoms with van der Waals surface area (Å²) in [6, 6.07) is 14.8. The SMILES string of the molecule is CC1(C)OB(N2C(=O)/C(=C3/C(=O)Nc4ccccc43)c3ccccc32)OC1(C)C. The Morgan fingerprint density at radius 3 is 2.10 bits per heavy atom. The van der Waals surface area contributed by atoms with Crippen LogP contribution in [-0.2, 0) is 18.9 Å². The van der Waals surface area contributed by atoms with E-state index in [4.69, 9.17) is 9.31 Å². The van der Waals surface area contributed by atoms with Crippen molar-refractivity contribution >= 4 is 41.6 Å². The molecule has 1 fully saturated rings. The number of benzene rings is 2. The van der Waals surface area contributed by atoms with Crippen molar-refractivity contribution in [3.8, 4) is 0 Å². The summed E-state index contributed by atoms with van der Waals surface area (Å²) in [4.78, 5) is 28.0. The van der Waals surface area contributed by atoms with E-state index in [-0.39, 0.29) is 11.8 Å². The van der Waals surface area contributed by atoms with E-state index in [1.54, 1.807) is 0 Å². The number of fused-ring (bicyclic) bond motifs is 2. The summed E-state index contributed by atoms with van der Waals surface area (Å²) in [7, 11) is -0.869. The molecule has 29 heavy (non-hydrogen) atoms. The Balaban J connectivity index is 1.68. The molecule has 6 nitrogen and oxygen atoms in total. The van der Waals surface area contributed by atoms with Crippen LogP contribution >= 0.6 is 0 Å². The number of nitrogens with zero attached hydrogens (tertiary/aromatic N) is 1. The summed E-state index contributed by atoms with van der Waals surface area (Å²) in [5, 5.41) is 2.86. The van der Waals surface area contributed by atoms with Gasteiger partial charge in [-0.3, -0.25) is 14.4 Å². The van der Waals surface area contributed by atoms with E-state index < -0.39 is 18.5 Å². The van der Waals surface area contributed by atoms with E-state index in [0.717, 1.165) is 5.56 Å². The van der Waals surface area contributed by atoms with Crippen LogP contribution in [0.5, 0.6) is 0 Å². The van der Waals surface area contributed by atoms with Gasteiger partial charge in [-0.25, -0.2) is 0 Å². The van der Waals surface area contributed by atoms with Crippen LogP contribution in [0.15, 0.2) is 48.5 Å². The quantitative estimate of drug-likeness (QED) is 0.600. The highest BCUT2D eigenvalue weighted by Gasteiger charge is 2.58. The van der Waals surface area contributed by atoms with E-state index >= 15 is 0 Å². The molecule has 146 valence electrons. The molecular formula is C22H21BN2O4. The molecule has 0 bridgehead atoms. The second-order valence-corrected chi connectivity index (χ2v) is 8.51. The number of hydrogen-bond donors (Lipinski definition) is 1. The second kappa shape index (κ2) is 5.81. The van der Waals surface area contributed by atoms with Crippen molar-refractivity contribution in [2.45, 2.75) is 38.9 Å². The molecule has 0 radical (unpaired) electrons. The molecule has 2 aromatic rings. The van der Waals surface area contributed by atoms with Crippen LogP contribution in [0, 0.1) is 0 Å². The summed E-state index contributed by atoms with van der Waals surface area (Å²) in [6.07, 6.45) is 0. The zero-order valence-electron chi connectivity index (χ0n) is 16.8. The summed E-state index contributed by atoms with van der Waals surface area (Å²) < 4.78 is 12.3. The number of nitrogens with one attached hydrogen (secondary N) is 1. The molecule has 0 saturated carbocycles. The minimum absolute atomic E-state index is 0.278. The molecule has 1 saturated heterocycles. The molecule has 3 aliphatic rings. The number of anilines is 2. The first-order chi connectivity index (χ1) is 13.7. The Morgan fingerprint density at radius 2 is 1.41 bits per heavy atom. The van der Waals surface area contributed by atoms with Crippen LogP contribution in [0.1, 0.15) is 38.8 Å². The van der Waals surface area contributed by atoms with Gasteiger partial charge in [-0.05, 0) is 39.8 Å². The largest absolute Gasteiger partial charge is 0.601 e. The van der Waals surface area contributed by atoms with Crippen LogP contribution in [0.2, 0.25) is 0 Å². The van der Waals surface area contributed by atoms with Crippen molar-refractivity contribution in [2.24, 2.45) is 0 Å². The van der Waals surface area contributed by atoms with Gasteiger partial charge in [0.15, 0.2) is 0 Å². The number of rotatable bonds is 1. The third-order valence-electron chi connectivity index (χ3n) is 6.24. The minimum Gasteiger partial charge on any atom is -0.384 e. The predicted molar refractivity (Wildman–Crippen MR) is 112 cm³/mol. The van der Waals surface area contributed by atoms with Crippen LogP contribution in [0.4, 0.5) is 11.4 Å². The van der Waals surface area contributed by atoms with E-state index in [9.17, 15) is 9.59 Å². The minimum atomic E-state index is -0.869. The molecule has 2 amide bonds. The number of carbonyl (C=O) groups excluding carboxylic acids is 2. The average molecular weight is 388 g/mol. The number of hydrogen-bond acceptors (Lipinski definition) is 4. The zero-order valence-corrected chi connectivity index (χ0v) is 16.8. The van der Waals surface area contributed by atoms with Crippen molar-refractivity contribution in [3.63, 3.8) is 0 Å². The Hall–Kier alpha value is -2.90. The highest BCUT2D eigenvalue weighted by Crippen LogP contribution is 2.47. The Kier molecular flexibility index (Phi) is 3.64. The molecule has 3 heterocycles. The normalized spacial score (nSPS) is 24.0. The molecule has 3 aliphatic heterocycles. The molecule has 7 heteroatoms. The maximum Gasteiger partial charge on any atom is 0.601 e. The number of para-hydroxylation sites is 2. The summed E-state index contributed by atoms with van der Waals surface area (Å²) in [6.45, 7) is 7.78. The lowest BCUT2D eigenvalue weighted by Crippen LogP contribution is -2.44. The topological polar surface area (TPSA) is 67.9 Å². The van der Waals surface area contributed by atoms with Gasteiger partial charge >= 0.3 is 7.25 Å². The lowest BCUT2D eigenvalue weighted by molar-refractivity contribution is -0.113. The van der Waals surface area contributed by atoms with Crippen molar-refractivity contribution in [2.75, 3.05) is 10.1 Å². The smallest absolute Gasteiger partial charge is 0.384 e. The van der Waals surface area contributed by atoms with Gasteiger partial charge in [-0.1, -0.05) is 36.4 Å². The molecule has 0 atom stereocenters. The number of carbonyl (C=O) groups is 2. The van der Waals surface area contributed by atoms with Crippen LogP contribution in [-0.4, -0.2) is 30.3 Å². The lowest BCUT2D eigenvalue weighted by atomic mass is 9.90. The highest BCUT2D eigenvalue weighted by atomic mass is 16.7. The highest BCUT2D eigenvalue weighted by molar-refractivity contribution is 6.65. The Labute approximate surface area is 169 Å². The first kappa shape index (κ1) is 18.2. The van der Waals surface area contributed by atoms with Crippen LogP contribution < -0.4 is 10.1 Å². The fourth-order valence-corrected chi connectivity index (χ4v) is 3.97. The number of amides is 2. The Bertz CT molecular complexity index is 1090. The van der Waals surface area contributed by atoms with Gasteiger partial charge in [0.25, 0.3) is 11.8 Å². The summed E-state index contributed by atoms with van der Waals surface area (Å²) >= 11 is 0. The molecule has 1 N–H and O–H groups in total. The standard InChI is InChI=1S/C22H21BN2O4/c1-21(2)22(3,4)29-23(28-21)25-16-12-8-6-10-14(16)18(20(25)27)17-13-9-5-7-11-15(13)24-19(17)26/h5-12H,1-4H3,(H,24,26)/b18-17+. The molecule has 0 aromatic heterocycles. The second-order valence-electron chi connectivity index (χ2n) is 8.51. The van der Waals surface area contributed by atoms with Gasteiger partial charge in [0, 0.05) is 22.5 Å². The monoisotopic (exact) mass is 388 g/mol. The van der Waals surface area contributed by atoms with Crippen LogP contribution in [0.25, 0.3) is 11.1 Å². The summed E-state index contributed by atoms with van der Waals surface area (Å²) in [5.41, 5.74) is 2.41. The molecule has 0 spiro atoms. The molecule has 2 aromatic carbocycles. The van der Waals surface area contributed by atoms with Crippen LogP contribution in [0.3, 0.4) is 0 Å². The van der Waals surface area contributed by atoms with Crippen molar-refractivity contribution in [1.29, 1.82) is 0 Å². The molecule has 0 unspecified atom stereocenters. The van der Waals surface area contributed by atoms with Gasteiger partial charge in [0.1, 0.15) is 0 Å². The fourth-order valence-electron chi connectivity index (χ4n) is 3.97. The summed E-state index contributed by atoms with van der Waals surface area (Å²) in [5.74, 6) is -0.577. The van der Waals surface area contributed by atoms with Gasteiger partial charge < -0.3 is 14.6 Å². The van der Waals surface area contributed by atoms with E-state index in [1.165, 1.54) is 4.81 Å². The molecular weight excluding hydrogens is 367 g/mol. The Morgan fingerprint density at radius 1 is 0.828 bits per heavy atom. The van der Waals surface area contributed by atoms with Gasteiger partial charge in [-0.2, -0.15) is 0 Å². The van der Waals surface area contributed by atoms with Crippen molar-refractivity contribution < 1.29 is 18.9 Å². The third-order valence-corrected chi connectivity index (χ3v) is 6.24. The van der Waals surface area contributed by atoms with Gasteiger partial charge in [0.2, 0.25) is 0 Å². The molecule has 0 aliphatic carbocycles. The van der Waals surface area contributed by atoms with E-state index in [0.29, 0.717) is 28.1 Å². The van der Waals surface area contributed by atoms with Gasteiger partial charge in [0.05, 0.1) is 22.3 Å². The first-order valence-corrected chi connectivity index (χ1v) is 9.65. The first-order valence-electron chi connectivity index (χ1n) is 9.65. The van der Waals surface area contributed by atoms with E-state index in [1.807, 2.05) is 76.2 Å². The fraction of sp³-hybridized carbons (Fsp3) is 0.273. The van der Waals surface area contributed by atoms with Crippen molar-refractivity contribution in [3.05, 3.63) is 59.7 Å². The maximum absolute atomic E-state index is 13.6. The third kappa shape index (κ3) is 2.44. The lowest BCUT2D eigenvalue weighted by Gasteiger charge is -2.32. The van der Waals surface area contributed by atoms with E-state index in [2.05, 4.69) is 5.32 Å². The predicted octanol–water partition coefficient (Wildman–Crippen LogP) is 3.49. The average Bonchev–Trinajstić information content (AvgIpc) is 3.20. The maximum atomic E-state index is 13.6. The van der Waals surface area contributed by atoms with Crippen molar-refractivity contribution in [1.82, 2.24) is 0 Å². The van der Waals surface area contributed by atoms with Gasteiger partial charge in [-0.15, -0.1) is 0 Å². The zero-order chi connectivity index (χ0) is 20.6. The molecule has 5 rings (SSSR count).